The minimum absolute atomic E-state index is 0.0634. The van der Waals surface area contributed by atoms with Gasteiger partial charge in [-0.15, -0.1) is 0 Å². The Morgan fingerprint density at radius 1 is 1.03 bits per heavy atom. The third-order valence-corrected chi connectivity index (χ3v) is 7.44. The standard InChI is InChI=1S/C27H30N2O5/c1-16-12-13-29(24(16)26(31)32)25(30)23(14-17-10-11-17)28-27(33)34-15-22-20-8-4-2-6-18(20)19-7-3-5-9-21(19)22/h2-9,16-17,22-24H,10-15H2,1H3,(H,28,33)(H,31,32)/t16?,23-,24?/m0/s1. The first-order chi connectivity index (χ1) is 16.4. The number of carboxylic acid groups (broad SMARTS) is 1. The first-order valence-corrected chi connectivity index (χ1v) is 12.1. The van der Waals surface area contributed by atoms with Gasteiger partial charge in [0.2, 0.25) is 5.91 Å². The summed E-state index contributed by atoms with van der Waals surface area (Å²) in [6, 6.07) is 14.6. The summed E-state index contributed by atoms with van der Waals surface area (Å²) in [5.74, 6) is -1.11. The second-order valence-electron chi connectivity index (χ2n) is 9.78. The molecule has 2 N–H and O–H groups in total. The van der Waals surface area contributed by atoms with Crippen LogP contribution in [0.2, 0.25) is 0 Å². The molecule has 7 heteroatoms. The van der Waals surface area contributed by atoms with Gasteiger partial charge >= 0.3 is 12.1 Å². The molecule has 7 nitrogen and oxygen atoms in total. The van der Waals surface area contributed by atoms with E-state index in [0.29, 0.717) is 25.3 Å². The Kier molecular flexibility index (Phi) is 6.02. The van der Waals surface area contributed by atoms with Gasteiger partial charge in [0, 0.05) is 12.5 Å². The normalized spacial score (nSPS) is 22.1. The number of alkyl carbamates (subject to hydrolysis) is 1. The number of carbonyl (C=O) groups is 3. The highest BCUT2D eigenvalue weighted by atomic mass is 16.5. The Balaban J connectivity index is 1.27. The van der Waals surface area contributed by atoms with Crippen LogP contribution < -0.4 is 5.32 Å². The van der Waals surface area contributed by atoms with Gasteiger partial charge in [0.05, 0.1) is 0 Å². The number of aliphatic carboxylic acids is 1. The lowest BCUT2D eigenvalue weighted by atomic mass is 9.98. The fraction of sp³-hybridized carbons (Fsp3) is 0.444. The number of carbonyl (C=O) groups excluding carboxylic acids is 2. The molecule has 1 aliphatic heterocycles. The van der Waals surface area contributed by atoms with Gasteiger partial charge in [-0.3, -0.25) is 4.79 Å². The molecule has 0 spiro atoms. The van der Waals surface area contributed by atoms with Crippen molar-refractivity contribution >= 4 is 18.0 Å². The number of benzene rings is 2. The first kappa shape index (κ1) is 22.4. The predicted octanol–water partition coefficient (Wildman–Crippen LogP) is 4.02. The summed E-state index contributed by atoms with van der Waals surface area (Å²) in [7, 11) is 0. The number of amides is 2. The minimum Gasteiger partial charge on any atom is -0.480 e. The zero-order valence-corrected chi connectivity index (χ0v) is 19.3. The lowest BCUT2D eigenvalue weighted by Crippen LogP contribution is -2.52. The molecule has 1 saturated heterocycles. The van der Waals surface area contributed by atoms with E-state index in [2.05, 4.69) is 29.6 Å². The van der Waals surface area contributed by atoms with Crippen LogP contribution in [0.25, 0.3) is 11.1 Å². The summed E-state index contributed by atoms with van der Waals surface area (Å²) < 4.78 is 5.64. The molecule has 34 heavy (non-hydrogen) atoms. The molecule has 2 aromatic rings. The topological polar surface area (TPSA) is 95.9 Å². The van der Waals surface area contributed by atoms with Crippen LogP contribution in [0.4, 0.5) is 4.79 Å². The summed E-state index contributed by atoms with van der Waals surface area (Å²) in [5, 5.41) is 12.4. The second-order valence-corrected chi connectivity index (χ2v) is 9.78. The summed E-state index contributed by atoms with van der Waals surface area (Å²) >= 11 is 0. The first-order valence-electron chi connectivity index (χ1n) is 12.1. The molecule has 2 amide bonds. The minimum atomic E-state index is -0.996. The lowest BCUT2D eigenvalue weighted by Gasteiger charge is -2.28. The second kappa shape index (κ2) is 9.12. The number of ether oxygens (including phenoxy) is 1. The number of likely N-dealkylation sites (tertiary alicyclic amines) is 1. The third kappa shape index (κ3) is 4.27. The van der Waals surface area contributed by atoms with Gasteiger partial charge in [0.15, 0.2) is 0 Å². The number of hydrogen-bond acceptors (Lipinski definition) is 4. The molecule has 2 unspecified atom stereocenters. The fourth-order valence-electron chi connectivity index (χ4n) is 5.46. The summed E-state index contributed by atoms with van der Waals surface area (Å²) in [6.45, 7) is 2.41. The smallest absolute Gasteiger partial charge is 0.407 e. The Hall–Kier alpha value is -3.35. The molecule has 178 valence electrons. The van der Waals surface area contributed by atoms with Crippen LogP contribution in [-0.4, -0.2) is 53.2 Å². The molecule has 2 aromatic carbocycles. The van der Waals surface area contributed by atoms with Gasteiger partial charge in [-0.1, -0.05) is 68.3 Å². The van der Waals surface area contributed by atoms with Gasteiger partial charge in [0.1, 0.15) is 18.7 Å². The maximum Gasteiger partial charge on any atom is 0.407 e. The lowest BCUT2D eigenvalue weighted by molar-refractivity contribution is -0.150. The van der Waals surface area contributed by atoms with E-state index in [9.17, 15) is 19.5 Å². The number of fused-ring (bicyclic) bond motifs is 3. The van der Waals surface area contributed by atoms with Crippen molar-refractivity contribution in [2.75, 3.05) is 13.2 Å². The summed E-state index contributed by atoms with van der Waals surface area (Å²) in [4.78, 5) is 39.3. The Morgan fingerprint density at radius 3 is 2.24 bits per heavy atom. The molecule has 3 aliphatic rings. The molecule has 0 bridgehead atoms. The van der Waals surface area contributed by atoms with Crippen LogP contribution in [0.3, 0.4) is 0 Å². The number of nitrogens with one attached hydrogen (secondary N) is 1. The molecular formula is C27H30N2O5. The van der Waals surface area contributed by atoms with Crippen molar-refractivity contribution in [3.05, 3.63) is 59.7 Å². The SMILES string of the molecule is CC1CCN(C(=O)[C@H](CC2CC2)NC(=O)OCC2c3ccccc3-c3ccccc32)C1C(=O)O. The van der Waals surface area contributed by atoms with Gasteiger partial charge in [0.25, 0.3) is 0 Å². The van der Waals surface area contributed by atoms with Gasteiger partial charge in [-0.25, -0.2) is 9.59 Å². The average Bonchev–Trinajstić information content (AvgIpc) is 3.47. The maximum atomic E-state index is 13.3. The molecule has 1 heterocycles. The van der Waals surface area contributed by atoms with Crippen LogP contribution in [0.15, 0.2) is 48.5 Å². The van der Waals surface area contributed by atoms with Crippen molar-refractivity contribution in [2.45, 2.75) is 50.6 Å². The van der Waals surface area contributed by atoms with Crippen molar-refractivity contribution in [1.29, 1.82) is 0 Å². The molecule has 5 rings (SSSR count). The molecule has 0 radical (unpaired) electrons. The van der Waals surface area contributed by atoms with E-state index >= 15 is 0 Å². The summed E-state index contributed by atoms with van der Waals surface area (Å²) in [6.07, 6.45) is 2.56. The highest BCUT2D eigenvalue weighted by Crippen LogP contribution is 2.44. The van der Waals surface area contributed by atoms with E-state index in [1.54, 1.807) is 0 Å². The number of nitrogens with zero attached hydrogens (tertiary/aromatic N) is 1. The van der Waals surface area contributed by atoms with Gasteiger partial charge < -0.3 is 20.1 Å². The van der Waals surface area contributed by atoms with Crippen molar-refractivity contribution in [2.24, 2.45) is 11.8 Å². The largest absolute Gasteiger partial charge is 0.480 e. The molecule has 0 aromatic heterocycles. The maximum absolute atomic E-state index is 13.3. The number of rotatable bonds is 7. The number of carboxylic acids is 1. The molecule has 2 aliphatic carbocycles. The van der Waals surface area contributed by atoms with E-state index in [4.69, 9.17) is 4.74 Å². The van der Waals surface area contributed by atoms with E-state index in [1.165, 1.54) is 4.90 Å². The Labute approximate surface area is 199 Å². The average molecular weight is 463 g/mol. The van der Waals surface area contributed by atoms with Gasteiger partial charge in [-0.05, 0) is 46.9 Å². The monoisotopic (exact) mass is 462 g/mol. The highest BCUT2D eigenvalue weighted by molar-refractivity contribution is 5.90. The Bertz CT molecular complexity index is 1070. The third-order valence-electron chi connectivity index (χ3n) is 7.44. The molecular weight excluding hydrogens is 432 g/mol. The van der Waals surface area contributed by atoms with Crippen molar-refractivity contribution in [3.8, 4) is 11.1 Å². The van der Waals surface area contributed by atoms with Crippen LogP contribution in [0.5, 0.6) is 0 Å². The van der Waals surface area contributed by atoms with Crippen molar-refractivity contribution in [3.63, 3.8) is 0 Å². The highest BCUT2D eigenvalue weighted by Gasteiger charge is 2.43. The van der Waals surface area contributed by atoms with E-state index < -0.39 is 24.1 Å². The number of hydrogen-bond donors (Lipinski definition) is 2. The summed E-state index contributed by atoms with van der Waals surface area (Å²) in [5.41, 5.74) is 4.54. The van der Waals surface area contributed by atoms with Crippen molar-refractivity contribution < 1.29 is 24.2 Å². The zero-order chi connectivity index (χ0) is 23.8. The van der Waals surface area contributed by atoms with E-state index in [1.807, 2.05) is 31.2 Å². The fourth-order valence-corrected chi connectivity index (χ4v) is 5.46. The zero-order valence-electron chi connectivity index (χ0n) is 19.3. The van der Waals surface area contributed by atoms with E-state index in [0.717, 1.165) is 35.1 Å². The van der Waals surface area contributed by atoms with Crippen molar-refractivity contribution in [1.82, 2.24) is 10.2 Å². The molecule has 1 saturated carbocycles. The predicted molar refractivity (Wildman–Crippen MR) is 126 cm³/mol. The van der Waals surface area contributed by atoms with Crippen LogP contribution in [0.1, 0.15) is 49.7 Å². The van der Waals surface area contributed by atoms with E-state index in [-0.39, 0.29) is 24.3 Å². The van der Waals surface area contributed by atoms with Crippen LogP contribution in [-0.2, 0) is 14.3 Å². The molecule has 3 atom stereocenters. The Morgan fingerprint density at radius 2 is 1.65 bits per heavy atom. The van der Waals surface area contributed by atoms with Crippen LogP contribution >= 0.6 is 0 Å². The quantitative estimate of drug-likeness (QED) is 0.648. The van der Waals surface area contributed by atoms with Gasteiger partial charge in [-0.2, -0.15) is 0 Å². The molecule has 2 fully saturated rings. The van der Waals surface area contributed by atoms with Crippen LogP contribution in [0, 0.1) is 11.8 Å².